The average molecular weight is 163 g/mol. The number of likely N-dealkylation sites (N-methyl/N-ethyl adjacent to an activating group) is 1. The molecule has 0 amide bonds. The Balaban J connectivity index is 2.14. The molecule has 0 radical (unpaired) electrons. The van der Waals surface area contributed by atoms with E-state index in [0.717, 1.165) is 5.75 Å². The fraction of sp³-hybridized carbons (Fsp3) is 0.400. The SMILES string of the molecule is COc1ccc(C2CN2C)cc1. The van der Waals surface area contributed by atoms with E-state index in [1.165, 1.54) is 12.1 Å². The summed E-state index contributed by atoms with van der Waals surface area (Å²) in [6, 6.07) is 8.94. The average Bonchev–Trinajstić information content (AvgIpc) is 2.83. The Kier molecular flexibility index (Phi) is 1.77. The summed E-state index contributed by atoms with van der Waals surface area (Å²) in [4.78, 5) is 2.31. The highest BCUT2D eigenvalue weighted by atomic mass is 16.5. The van der Waals surface area contributed by atoms with Gasteiger partial charge in [0.05, 0.1) is 7.11 Å². The van der Waals surface area contributed by atoms with Gasteiger partial charge in [0.1, 0.15) is 5.75 Å². The van der Waals surface area contributed by atoms with Crippen molar-refractivity contribution >= 4 is 0 Å². The van der Waals surface area contributed by atoms with Gasteiger partial charge in [-0.25, -0.2) is 0 Å². The molecule has 0 aromatic heterocycles. The lowest BCUT2D eigenvalue weighted by Crippen LogP contribution is -1.88. The predicted molar refractivity (Wildman–Crippen MR) is 48.4 cm³/mol. The Morgan fingerprint density at radius 3 is 2.33 bits per heavy atom. The van der Waals surface area contributed by atoms with E-state index >= 15 is 0 Å². The molecule has 1 aliphatic heterocycles. The summed E-state index contributed by atoms with van der Waals surface area (Å²) in [5.41, 5.74) is 1.39. The molecule has 2 unspecified atom stereocenters. The molecule has 1 saturated heterocycles. The molecular weight excluding hydrogens is 150 g/mol. The molecule has 2 rings (SSSR count). The van der Waals surface area contributed by atoms with Gasteiger partial charge in [-0.3, -0.25) is 4.90 Å². The molecule has 1 aromatic carbocycles. The molecule has 2 nitrogen and oxygen atoms in total. The molecular formula is C10H13NO. The topological polar surface area (TPSA) is 12.2 Å². The van der Waals surface area contributed by atoms with Gasteiger partial charge in [-0.05, 0) is 24.7 Å². The molecule has 1 fully saturated rings. The molecule has 1 aromatic rings. The molecule has 2 atom stereocenters. The van der Waals surface area contributed by atoms with Crippen molar-refractivity contribution < 1.29 is 4.74 Å². The molecule has 1 heterocycles. The standard InChI is InChI=1S/C10H13NO/c1-11-7-10(11)8-3-5-9(12-2)6-4-8/h3-6,10H,7H2,1-2H3. The fourth-order valence-corrected chi connectivity index (χ4v) is 1.41. The van der Waals surface area contributed by atoms with Crippen LogP contribution in [0.25, 0.3) is 0 Å². The third-order valence-electron chi connectivity index (χ3n) is 2.36. The number of ether oxygens (including phenoxy) is 1. The minimum atomic E-state index is 0.649. The van der Waals surface area contributed by atoms with Crippen molar-refractivity contribution in [1.82, 2.24) is 4.90 Å². The summed E-state index contributed by atoms with van der Waals surface area (Å²) in [6.07, 6.45) is 0. The lowest BCUT2D eigenvalue weighted by Gasteiger charge is -2.01. The minimum Gasteiger partial charge on any atom is -0.497 e. The van der Waals surface area contributed by atoms with Gasteiger partial charge in [-0.2, -0.15) is 0 Å². The van der Waals surface area contributed by atoms with Crippen LogP contribution in [-0.2, 0) is 0 Å². The molecule has 0 aliphatic carbocycles. The van der Waals surface area contributed by atoms with Gasteiger partial charge in [0, 0.05) is 12.6 Å². The first-order valence-electron chi connectivity index (χ1n) is 4.15. The Labute approximate surface area is 72.8 Å². The van der Waals surface area contributed by atoms with E-state index in [1.807, 2.05) is 12.1 Å². The molecule has 1 aliphatic rings. The van der Waals surface area contributed by atoms with Gasteiger partial charge in [0.15, 0.2) is 0 Å². The largest absolute Gasteiger partial charge is 0.497 e. The van der Waals surface area contributed by atoms with Gasteiger partial charge >= 0.3 is 0 Å². The van der Waals surface area contributed by atoms with Crippen LogP contribution in [0.3, 0.4) is 0 Å². The monoisotopic (exact) mass is 163 g/mol. The lowest BCUT2D eigenvalue weighted by molar-refractivity contribution is 0.414. The maximum atomic E-state index is 5.08. The minimum absolute atomic E-state index is 0.649. The Hall–Kier alpha value is -1.02. The molecule has 64 valence electrons. The zero-order chi connectivity index (χ0) is 8.55. The smallest absolute Gasteiger partial charge is 0.118 e. The van der Waals surface area contributed by atoms with Crippen LogP contribution in [0.2, 0.25) is 0 Å². The normalized spacial score (nSPS) is 26.8. The second-order valence-corrected chi connectivity index (χ2v) is 3.23. The maximum absolute atomic E-state index is 5.08. The first kappa shape index (κ1) is 7.62. The third kappa shape index (κ3) is 1.30. The van der Waals surface area contributed by atoms with Crippen molar-refractivity contribution in [2.24, 2.45) is 0 Å². The molecule has 0 bridgehead atoms. The highest BCUT2D eigenvalue weighted by molar-refractivity contribution is 5.31. The molecule has 0 spiro atoms. The van der Waals surface area contributed by atoms with Gasteiger partial charge < -0.3 is 4.74 Å². The molecule has 2 heteroatoms. The summed E-state index contributed by atoms with van der Waals surface area (Å²) >= 11 is 0. The quantitative estimate of drug-likeness (QED) is 0.615. The van der Waals surface area contributed by atoms with E-state index in [-0.39, 0.29) is 0 Å². The maximum Gasteiger partial charge on any atom is 0.118 e. The van der Waals surface area contributed by atoms with Crippen LogP contribution in [0.15, 0.2) is 24.3 Å². The zero-order valence-corrected chi connectivity index (χ0v) is 7.45. The summed E-state index contributed by atoms with van der Waals surface area (Å²) in [7, 11) is 3.83. The van der Waals surface area contributed by atoms with Crippen LogP contribution < -0.4 is 4.74 Å². The zero-order valence-electron chi connectivity index (χ0n) is 7.45. The van der Waals surface area contributed by atoms with E-state index in [2.05, 4.69) is 24.1 Å². The molecule has 0 saturated carbocycles. The second kappa shape index (κ2) is 2.79. The summed E-state index contributed by atoms with van der Waals surface area (Å²) in [5, 5.41) is 0. The van der Waals surface area contributed by atoms with E-state index in [1.54, 1.807) is 7.11 Å². The van der Waals surface area contributed by atoms with E-state index in [0.29, 0.717) is 6.04 Å². The first-order chi connectivity index (χ1) is 5.81. The van der Waals surface area contributed by atoms with Crippen LogP contribution in [0.5, 0.6) is 5.75 Å². The Morgan fingerprint density at radius 1 is 1.33 bits per heavy atom. The number of methoxy groups -OCH3 is 1. The van der Waals surface area contributed by atoms with Crippen LogP contribution in [0, 0.1) is 0 Å². The second-order valence-electron chi connectivity index (χ2n) is 3.23. The van der Waals surface area contributed by atoms with Crippen LogP contribution in [0.4, 0.5) is 0 Å². The number of rotatable bonds is 2. The summed E-state index contributed by atoms with van der Waals surface area (Å²) in [6.45, 7) is 1.19. The Morgan fingerprint density at radius 2 is 1.92 bits per heavy atom. The van der Waals surface area contributed by atoms with Crippen molar-refractivity contribution in [2.45, 2.75) is 6.04 Å². The predicted octanol–water partition coefficient (Wildman–Crippen LogP) is 1.68. The van der Waals surface area contributed by atoms with Crippen LogP contribution >= 0.6 is 0 Å². The van der Waals surface area contributed by atoms with E-state index in [9.17, 15) is 0 Å². The highest BCUT2D eigenvalue weighted by Gasteiger charge is 2.30. The van der Waals surface area contributed by atoms with Crippen molar-refractivity contribution in [3.8, 4) is 5.75 Å². The van der Waals surface area contributed by atoms with Crippen molar-refractivity contribution in [3.05, 3.63) is 29.8 Å². The molecule has 0 N–H and O–H groups in total. The van der Waals surface area contributed by atoms with E-state index in [4.69, 9.17) is 4.74 Å². The van der Waals surface area contributed by atoms with Gasteiger partial charge in [-0.1, -0.05) is 12.1 Å². The van der Waals surface area contributed by atoms with Crippen molar-refractivity contribution in [1.29, 1.82) is 0 Å². The van der Waals surface area contributed by atoms with Gasteiger partial charge in [-0.15, -0.1) is 0 Å². The number of benzene rings is 1. The van der Waals surface area contributed by atoms with Crippen molar-refractivity contribution in [2.75, 3.05) is 20.7 Å². The van der Waals surface area contributed by atoms with Gasteiger partial charge in [0.25, 0.3) is 0 Å². The van der Waals surface area contributed by atoms with Crippen molar-refractivity contribution in [3.63, 3.8) is 0 Å². The third-order valence-corrected chi connectivity index (χ3v) is 2.36. The van der Waals surface area contributed by atoms with E-state index < -0.39 is 0 Å². The van der Waals surface area contributed by atoms with Crippen LogP contribution in [0.1, 0.15) is 11.6 Å². The number of nitrogens with zero attached hydrogens (tertiary/aromatic N) is 1. The first-order valence-corrected chi connectivity index (χ1v) is 4.15. The Bertz CT molecular complexity index is 268. The molecule has 12 heavy (non-hydrogen) atoms. The van der Waals surface area contributed by atoms with Crippen LogP contribution in [-0.4, -0.2) is 25.6 Å². The highest BCUT2D eigenvalue weighted by Crippen LogP contribution is 2.32. The lowest BCUT2D eigenvalue weighted by atomic mass is 10.1. The van der Waals surface area contributed by atoms with Gasteiger partial charge in [0.2, 0.25) is 0 Å². The number of hydrogen-bond acceptors (Lipinski definition) is 2. The fourth-order valence-electron chi connectivity index (χ4n) is 1.41. The summed E-state index contributed by atoms with van der Waals surface area (Å²) in [5.74, 6) is 0.932. The summed E-state index contributed by atoms with van der Waals surface area (Å²) < 4.78 is 5.08. The number of hydrogen-bond donors (Lipinski definition) is 0.